The average Bonchev–Trinajstić information content (AvgIpc) is 2.44. The van der Waals surface area contributed by atoms with Gasteiger partial charge >= 0.3 is 0 Å². The molecule has 1 N–H and O–H groups in total. The van der Waals surface area contributed by atoms with Gasteiger partial charge in [-0.25, -0.2) is 4.39 Å². The topological polar surface area (TPSA) is 52.7 Å². The maximum atomic E-state index is 13.8. The van der Waals surface area contributed by atoms with Crippen LogP contribution in [0.3, 0.4) is 0 Å². The zero-order valence-electron chi connectivity index (χ0n) is 12.7. The predicted molar refractivity (Wildman–Crippen MR) is 78.7 cm³/mol. The highest BCUT2D eigenvalue weighted by Gasteiger charge is 2.43. The fourth-order valence-electron chi connectivity index (χ4n) is 2.67. The number of amides is 2. The van der Waals surface area contributed by atoms with Gasteiger partial charge in [-0.2, -0.15) is 0 Å². The average molecular weight is 293 g/mol. The Hall–Kier alpha value is -2.11. The Bertz CT molecular complexity index is 586. The van der Waals surface area contributed by atoms with Crippen molar-refractivity contribution in [2.24, 2.45) is 0 Å². The number of para-hydroxylation sites is 1. The Kier molecular flexibility index (Phi) is 3.89. The summed E-state index contributed by atoms with van der Waals surface area (Å²) >= 11 is 0. The number of hydrogen-bond donors (Lipinski definition) is 1. The molecule has 0 bridgehead atoms. The Labute approximate surface area is 123 Å². The number of carbonyl (C=O) groups is 2. The van der Waals surface area contributed by atoms with E-state index in [0.29, 0.717) is 13.1 Å². The van der Waals surface area contributed by atoms with E-state index in [1.165, 1.54) is 17.0 Å². The Morgan fingerprint density at radius 2 is 2.00 bits per heavy atom. The van der Waals surface area contributed by atoms with E-state index in [-0.39, 0.29) is 23.1 Å². The van der Waals surface area contributed by atoms with Crippen LogP contribution in [0.2, 0.25) is 0 Å². The molecule has 1 aromatic carbocycles. The molecule has 0 aromatic heterocycles. The molecule has 114 valence electrons. The minimum absolute atomic E-state index is 0.121. The van der Waals surface area contributed by atoms with Crippen molar-refractivity contribution in [3.05, 3.63) is 29.6 Å². The third-order valence-electron chi connectivity index (χ3n) is 3.94. The molecule has 2 rings (SSSR count). The van der Waals surface area contributed by atoms with E-state index in [1.54, 1.807) is 38.9 Å². The van der Waals surface area contributed by atoms with Gasteiger partial charge in [-0.3, -0.25) is 9.59 Å². The fraction of sp³-hybridized carbons (Fsp3) is 0.467. The molecule has 0 radical (unpaired) electrons. The molecule has 0 unspecified atom stereocenters. The van der Waals surface area contributed by atoms with Crippen molar-refractivity contribution in [1.82, 2.24) is 9.80 Å². The third-order valence-corrected chi connectivity index (χ3v) is 3.94. The summed E-state index contributed by atoms with van der Waals surface area (Å²) < 4.78 is 13.8. The lowest BCUT2D eigenvalue weighted by molar-refractivity contribution is -0.144. The maximum absolute atomic E-state index is 13.8. The van der Waals surface area contributed by atoms with Crippen molar-refractivity contribution < 1.29 is 14.0 Å². The lowest BCUT2D eigenvalue weighted by atomic mass is 9.96. The van der Waals surface area contributed by atoms with Crippen molar-refractivity contribution in [2.45, 2.75) is 19.4 Å². The third kappa shape index (κ3) is 2.46. The van der Waals surface area contributed by atoms with Crippen molar-refractivity contribution in [1.29, 1.82) is 0 Å². The lowest BCUT2D eigenvalue weighted by Crippen LogP contribution is -2.63. The van der Waals surface area contributed by atoms with Crippen LogP contribution >= 0.6 is 0 Å². The number of halogens is 1. The van der Waals surface area contributed by atoms with E-state index in [2.05, 4.69) is 5.32 Å². The minimum Gasteiger partial charge on any atom is -0.385 e. The van der Waals surface area contributed by atoms with Gasteiger partial charge < -0.3 is 15.1 Å². The molecule has 0 spiro atoms. The molecular formula is C15H20FN3O2. The summed E-state index contributed by atoms with van der Waals surface area (Å²) in [5, 5.41) is 2.71. The summed E-state index contributed by atoms with van der Waals surface area (Å²) in [4.78, 5) is 28.1. The summed E-state index contributed by atoms with van der Waals surface area (Å²) in [5.41, 5.74) is -0.547. The summed E-state index contributed by atoms with van der Waals surface area (Å²) in [6.07, 6.45) is 0. The molecule has 1 aliphatic rings. The van der Waals surface area contributed by atoms with Gasteiger partial charge in [-0.05, 0) is 26.0 Å². The van der Waals surface area contributed by atoms with Crippen LogP contribution in [0.5, 0.6) is 0 Å². The smallest absolute Gasteiger partial charge is 0.257 e. The molecule has 0 aliphatic carbocycles. The first-order chi connectivity index (χ1) is 9.80. The number of hydrogen-bond acceptors (Lipinski definition) is 3. The fourth-order valence-corrected chi connectivity index (χ4v) is 2.67. The molecule has 5 nitrogen and oxygen atoms in total. The van der Waals surface area contributed by atoms with E-state index in [0.717, 1.165) is 0 Å². The number of carbonyl (C=O) groups excluding carboxylic acids is 2. The highest BCUT2D eigenvalue weighted by atomic mass is 19.1. The second-order valence-electron chi connectivity index (χ2n) is 5.65. The quantitative estimate of drug-likeness (QED) is 0.900. The normalized spacial score (nSPS) is 17.9. The van der Waals surface area contributed by atoms with Crippen LogP contribution < -0.4 is 5.32 Å². The van der Waals surface area contributed by atoms with Gasteiger partial charge in [0.1, 0.15) is 11.4 Å². The molecular weight excluding hydrogens is 273 g/mol. The molecule has 1 aliphatic heterocycles. The van der Waals surface area contributed by atoms with Crippen LogP contribution in [0.15, 0.2) is 18.2 Å². The molecule has 21 heavy (non-hydrogen) atoms. The largest absolute Gasteiger partial charge is 0.385 e. The Morgan fingerprint density at radius 3 is 2.62 bits per heavy atom. The van der Waals surface area contributed by atoms with Gasteiger partial charge in [0.05, 0.1) is 11.3 Å². The number of likely N-dealkylation sites (N-methyl/N-ethyl adjacent to an activating group) is 1. The number of rotatable bonds is 2. The molecule has 0 atom stereocenters. The van der Waals surface area contributed by atoms with E-state index in [9.17, 15) is 14.0 Å². The summed E-state index contributed by atoms with van der Waals surface area (Å²) in [5.74, 6) is -0.948. The summed E-state index contributed by atoms with van der Waals surface area (Å²) in [6.45, 7) is 4.31. The Balaban J connectivity index is 2.41. The van der Waals surface area contributed by atoms with Crippen LogP contribution in [-0.2, 0) is 4.79 Å². The minimum atomic E-state index is -0.943. The standard InChI is InChI=1S/C15H20FN3O2/c1-15(2)14(21)18(4)8-9-19(15)13(20)10-6-5-7-11(16)12(10)17-3/h5-7,17H,8-9H2,1-4H3. The highest BCUT2D eigenvalue weighted by molar-refractivity contribution is 6.03. The molecule has 2 amide bonds. The van der Waals surface area contributed by atoms with E-state index in [4.69, 9.17) is 0 Å². The maximum Gasteiger partial charge on any atom is 0.257 e. The number of nitrogens with zero attached hydrogens (tertiary/aromatic N) is 2. The summed E-state index contributed by atoms with van der Waals surface area (Å²) in [6, 6.07) is 4.35. The van der Waals surface area contributed by atoms with Gasteiger partial charge in [0.25, 0.3) is 5.91 Å². The summed E-state index contributed by atoms with van der Waals surface area (Å²) in [7, 11) is 3.28. The van der Waals surface area contributed by atoms with Crippen LogP contribution in [0.25, 0.3) is 0 Å². The Morgan fingerprint density at radius 1 is 1.33 bits per heavy atom. The van der Waals surface area contributed by atoms with Crippen molar-refractivity contribution in [3.63, 3.8) is 0 Å². The van der Waals surface area contributed by atoms with Gasteiger partial charge in [-0.15, -0.1) is 0 Å². The molecule has 1 fully saturated rings. The first kappa shape index (κ1) is 15.3. The molecule has 1 aromatic rings. The van der Waals surface area contributed by atoms with Crippen LogP contribution in [-0.4, -0.2) is 54.3 Å². The van der Waals surface area contributed by atoms with Gasteiger partial charge in [0.15, 0.2) is 0 Å². The van der Waals surface area contributed by atoms with E-state index < -0.39 is 11.4 Å². The van der Waals surface area contributed by atoms with Gasteiger partial charge in [-0.1, -0.05) is 6.07 Å². The number of nitrogens with one attached hydrogen (secondary N) is 1. The predicted octanol–water partition coefficient (Wildman–Crippen LogP) is 1.56. The van der Waals surface area contributed by atoms with Gasteiger partial charge in [0, 0.05) is 27.2 Å². The number of benzene rings is 1. The van der Waals surface area contributed by atoms with Crippen molar-refractivity contribution in [2.75, 3.05) is 32.5 Å². The highest BCUT2D eigenvalue weighted by Crippen LogP contribution is 2.27. The van der Waals surface area contributed by atoms with E-state index >= 15 is 0 Å². The first-order valence-corrected chi connectivity index (χ1v) is 6.84. The first-order valence-electron chi connectivity index (χ1n) is 6.84. The molecule has 1 saturated heterocycles. The van der Waals surface area contributed by atoms with Crippen molar-refractivity contribution in [3.8, 4) is 0 Å². The zero-order valence-corrected chi connectivity index (χ0v) is 12.7. The van der Waals surface area contributed by atoms with Crippen LogP contribution in [0.1, 0.15) is 24.2 Å². The monoisotopic (exact) mass is 293 g/mol. The van der Waals surface area contributed by atoms with Crippen molar-refractivity contribution >= 4 is 17.5 Å². The zero-order chi connectivity index (χ0) is 15.8. The molecule has 6 heteroatoms. The second kappa shape index (κ2) is 5.35. The van der Waals surface area contributed by atoms with Crippen LogP contribution in [0, 0.1) is 5.82 Å². The lowest BCUT2D eigenvalue weighted by Gasteiger charge is -2.44. The SMILES string of the molecule is CNc1c(F)cccc1C(=O)N1CCN(C)C(=O)C1(C)C. The second-order valence-corrected chi connectivity index (χ2v) is 5.65. The van der Waals surface area contributed by atoms with Gasteiger partial charge in [0.2, 0.25) is 5.91 Å². The molecule has 1 heterocycles. The van der Waals surface area contributed by atoms with E-state index in [1.807, 2.05) is 0 Å². The van der Waals surface area contributed by atoms with Crippen LogP contribution in [0.4, 0.5) is 10.1 Å². The number of piperazine rings is 1. The molecule has 0 saturated carbocycles. The number of anilines is 1.